The number of aromatic nitrogens is 3. The maximum Gasteiger partial charge on any atom is 0.227 e. The normalized spacial score (nSPS) is 10.4. The molecule has 72 valence electrons. The van der Waals surface area contributed by atoms with Crippen LogP contribution in [0.2, 0.25) is 5.28 Å². The predicted octanol–water partition coefficient (Wildman–Crippen LogP) is 2.14. The highest BCUT2D eigenvalue weighted by atomic mass is 35.5. The molecule has 2 heterocycles. The van der Waals surface area contributed by atoms with E-state index >= 15 is 0 Å². The zero-order valence-electron chi connectivity index (χ0n) is 7.36. The Morgan fingerprint density at radius 3 is 2.64 bits per heavy atom. The number of thiophene rings is 1. The Bertz CT molecular complexity index is 448. The van der Waals surface area contributed by atoms with Crippen molar-refractivity contribution in [3.63, 3.8) is 0 Å². The van der Waals surface area contributed by atoms with Gasteiger partial charge in [0.05, 0.1) is 4.88 Å². The van der Waals surface area contributed by atoms with Gasteiger partial charge in [-0.25, -0.2) is 0 Å². The van der Waals surface area contributed by atoms with E-state index in [0.717, 1.165) is 4.88 Å². The number of anilines is 1. The molecule has 2 aromatic rings. The van der Waals surface area contributed by atoms with Gasteiger partial charge in [-0.1, -0.05) is 0 Å². The molecule has 0 saturated heterocycles. The van der Waals surface area contributed by atoms with Gasteiger partial charge in [-0.2, -0.15) is 15.0 Å². The largest absolute Gasteiger partial charge is 0.368 e. The van der Waals surface area contributed by atoms with Crippen LogP contribution in [0.15, 0.2) is 12.1 Å². The Labute approximate surface area is 89.8 Å². The van der Waals surface area contributed by atoms with E-state index in [1.54, 1.807) is 11.3 Å². The third-order valence-electron chi connectivity index (χ3n) is 1.59. The second-order valence-corrected chi connectivity index (χ2v) is 4.32. The van der Waals surface area contributed by atoms with Crippen molar-refractivity contribution in [1.82, 2.24) is 15.0 Å². The van der Waals surface area contributed by atoms with Crippen LogP contribution in [0.3, 0.4) is 0 Å². The first-order valence-corrected chi connectivity index (χ1v) is 5.08. The van der Waals surface area contributed by atoms with E-state index in [4.69, 9.17) is 17.3 Å². The van der Waals surface area contributed by atoms with Crippen molar-refractivity contribution in [1.29, 1.82) is 0 Å². The molecule has 0 aliphatic rings. The molecule has 0 saturated carbocycles. The van der Waals surface area contributed by atoms with E-state index < -0.39 is 0 Å². The number of hydrogen-bond donors (Lipinski definition) is 1. The number of aryl methyl sites for hydroxylation is 1. The SMILES string of the molecule is Cc1ccc(-c2nc(N)nc(Cl)n2)s1. The van der Waals surface area contributed by atoms with Gasteiger partial charge in [0.25, 0.3) is 0 Å². The van der Waals surface area contributed by atoms with Crippen molar-refractivity contribution in [2.45, 2.75) is 6.92 Å². The van der Waals surface area contributed by atoms with E-state index in [9.17, 15) is 0 Å². The smallest absolute Gasteiger partial charge is 0.227 e. The summed E-state index contributed by atoms with van der Waals surface area (Å²) >= 11 is 7.26. The lowest BCUT2D eigenvalue weighted by Gasteiger charge is -1.97. The highest BCUT2D eigenvalue weighted by Crippen LogP contribution is 2.25. The number of halogens is 1. The summed E-state index contributed by atoms with van der Waals surface area (Å²) in [6, 6.07) is 3.93. The molecule has 4 nitrogen and oxygen atoms in total. The summed E-state index contributed by atoms with van der Waals surface area (Å²) in [4.78, 5) is 13.8. The molecular formula is C8H7ClN4S. The second kappa shape index (κ2) is 3.51. The van der Waals surface area contributed by atoms with Crippen LogP contribution < -0.4 is 5.73 Å². The van der Waals surface area contributed by atoms with Crippen LogP contribution in [0.4, 0.5) is 5.95 Å². The molecule has 0 radical (unpaired) electrons. The summed E-state index contributed by atoms with van der Waals surface area (Å²) in [6.45, 7) is 2.01. The lowest BCUT2D eigenvalue weighted by Crippen LogP contribution is -1.98. The minimum atomic E-state index is 0.124. The van der Waals surface area contributed by atoms with Crippen molar-refractivity contribution in [2.24, 2.45) is 0 Å². The first-order valence-electron chi connectivity index (χ1n) is 3.89. The molecule has 0 aromatic carbocycles. The standard InChI is InChI=1S/C8H7ClN4S/c1-4-2-3-5(14-4)6-11-7(9)13-8(10)12-6/h2-3H,1H3,(H2,10,11,12,13). The molecule has 0 bridgehead atoms. The van der Waals surface area contributed by atoms with Crippen molar-refractivity contribution in [3.05, 3.63) is 22.3 Å². The van der Waals surface area contributed by atoms with Crippen molar-refractivity contribution in [2.75, 3.05) is 5.73 Å². The highest BCUT2D eigenvalue weighted by Gasteiger charge is 2.06. The topological polar surface area (TPSA) is 64.7 Å². The van der Waals surface area contributed by atoms with Crippen LogP contribution in [0.1, 0.15) is 4.88 Å². The fourth-order valence-corrected chi connectivity index (χ4v) is 2.00. The minimum absolute atomic E-state index is 0.124. The van der Waals surface area contributed by atoms with Crippen LogP contribution in [0, 0.1) is 6.92 Å². The molecule has 0 aliphatic carbocycles. The van der Waals surface area contributed by atoms with Gasteiger partial charge in [0.2, 0.25) is 11.2 Å². The third-order valence-corrected chi connectivity index (χ3v) is 2.75. The van der Waals surface area contributed by atoms with Gasteiger partial charge in [-0.05, 0) is 30.7 Å². The van der Waals surface area contributed by atoms with Crippen molar-refractivity contribution < 1.29 is 0 Å². The van der Waals surface area contributed by atoms with E-state index in [2.05, 4.69) is 15.0 Å². The molecule has 6 heteroatoms. The maximum absolute atomic E-state index is 5.67. The van der Waals surface area contributed by atoms with Crippen LogP contribution in [-0.2, 0) is 0 Å². The van der Waals surface area contributed by atoms with Gasteiger partial charge in [-0.3, -0.25) is 0 Å². The molecule has 0 aliphatic heterocycles. The summed E-state index contributed by atoms with van der Waals surface area (Å²) < 4.78 is 0. The fourth-order valence-electron chi connectivity index (χ4n) is 1.03. The summed E-state index contributed by atoms with van der Waals surface area (Å²) in [7, 11) is 0. The summed E-state index contributed by atoms with van der Waals surface area (Å²) in [6.07, 6.45) is 0. The predicted molar refractivity (Wildman–Crippen MR) is 57.3 cm³/mol. The Balaban J connectivity index is 2.51. The van der Waals surface area contributed by atoms with Crippen LogP contribution in [-0.4, -0.2) is 15.0 Å². The molecular weight excluding hydrogens is 220 g/mol. The second-order valence-electron chi connectivity index (χ2n) is 2.70. The number of nitrogen functional groups attached to an aromatic ring is 1. The van der Waals surface area contributed by atoms with Gasteiger partial charge in [0, 0.05) is 4.88 Å². The van der Waals surface area contributed by atoms with Gasteiger partial charge in [-0.15, -0.1) is 11.3 Å². The van der Waals surface area contributed by atoms with E-state index in [0.29, 0.717) is 5.82 Å². The monoisotopic (exact) mass is 226 g/mol. The Hall–Kier alpha value is -1.20. The van der Waals surface area contributed by atoms with E-state index in [1.807, 2.05) is 19.1 Å². The number of nitrogens with zero attached hydrogens (tertiary/aromatic N) is 3. The average Bonchev–Trinajstić information content (AvgIpc) is 2.50. The third kappa shape index (κ3) is 1.83. The first-order chi connectivity index (χ1) is 6.65. The number of rotatable bonds is 1. The quantitative estimate of drug-likeness (QED) is 0.809. The van der Waals surface area contributed by atoms with Gasteiger partial charge < -0.3 is 5.73 Å². The maximum atomic E-state index is 5.67. The first kappa shape index (κ1) is 9.36. The summed E-state index contributed by atoms with van der Waals surface area (Å²) in [5, 5.41) is 0.124. The zero-order chi connectivity index (χ0) is 10.1. The molecule has 2 aromatic heterocycles. The number of hydrogen-bond acceptors (Lipinski definition) is 5. The molecule has 2 rings (SSSR count). The summed E-state index contributed by atoms with van der Waals surface area (Å²) in [5.74, 6) is 0.673. The van der Waals surface area contributed by atoms with Crippen LogP contribution in [0.25, 0.3) is 10.7 Å². The molecule has 0 unspecified atom stereocenters. The zero-order valence-corrected chi connectivity index (χ0v) is 8.93. The van der Waals surface area contributed by atoms with Crippen LogP contribution >= 0.6 is 22.9 Å². The lowest BCUT2D eigenvalue weighted by atomic mass is 10.4. The Morgan fingerprint density at radius 2 is 2.07 bits per heavy atom. The van der Waals surface area contributed by atoms with E-state index in [-0.39, 0.29) is 11.2 Å². The molecule has 2 N–H and O–H groups in total. The Morgan fingerprint density at radius 1 is 1.29 bits per heavy atom. The highest BCUT2D eigenvalue weighted by molar-refractivity contribution is 7.15. The van der Waals surface area contributed by atoms with Gasteiger partial charge in [0.1, 0.15) is 0 Å². The van der Waals surface area contributed by atoms with Crippen molar-refractivity contribution >= 4 is 28.9 Å². The Kier molecular flexibility index (Phi) is 2.35. The summed E-state index contributed by atoms with van der Waals surface area (Å²) in [5.41, 5.74) is 5.46. The number of nitrogens with two attached hydrogens (primary N) is 1. The lowest BCUT2D eigenvalue weighted by molar-refractivity contribution is 1.08. The molecule has 0 spiro atoms. The molecule has 0 atom stereocenters. The molecule has 14 heavy (non-hydrogen) atoms. The minimum Gasteiger partial charge on any atom is -0.368 e. The van der Waals surface area contributed by atoms with E-state index in [1.165, 1.54) is 4.88 Å². The van der Waals surface area contributed by atoms with Gasteiger partial charge in [0.15, 0.2) is 5.82 Å². The van der Waals surface area contributed by atoms with Gasteiger partial charge >= 0.3 is 0 Å². The average molecular weight is 227 g/mol. The van der Waals surface area contributed by atoms with Crippen molar-refractivity contribution in [3.8, 4) is 10.7 Å². The van der Waals surface area contributed by atoms with Crippen LogP contribution in [0.5, 0.6) is 0 Å². The molecule has 0 fully saturated rings. The fraction of sp³-hybridized carbons (Fsp3) is 0.125. The molecule has 0 amide bonds.